The van der Waals surface area contributed by atoms with E-state index >= 15 is 0 Å². The number of halogens is 4. The summed E-state index contributed by atoms with van der Waals surface area (Å²) in [5.41, 5.74) is 0.156. The molecule has 1 aromatic rings. The summed E-state index contributed by atoms with van der Waals surface area (Å²) < 4.78 is 45.8. The molecule has 1 atom stereocenters. The van der Waals surface area contributed by atoms with Crippen LogP contribution in [0.4, 0.5) is 13.2 Å². The van der Waals surface area contributed by atoms with E-state index in [1.54, 1.807) is 0 Å². The molecule has 5 nitrogen and oxygen atoms in total. The minimum atomic E-state index is -4.48. The summed E-state index contributed by atoms with van der Waals surface area (Å²) in [5, 5.41) is 2.55. The first kappa shape index (κ1) is 16.8. The van der Waals surface area contributed by atoms with Gasteiger partial charge in [0, 0.05) is 25.3 Å². The van der Waals surface area contributed by atoms with E-state index in [1.165, 1.54) is 6.07 Å². The zero-order valence-electron chi connectivity index (χ0n) is 11.5. The quantitative estimate of drug-likeness (QED) is 0.896. The summed E-state index contributed by atoms with van der Waals surface area (Å²) in [6.07, 6.45) is -2.48. The maximum Gasteiger partial charge on any atom is 0.422 e. The fourth-order valence-electron chi connectivity index (χ4n) is 1.89. The number of carbonyl (C=O) groups excluding carboxylic acids is 1. The number of ether oxygens (including phenoxy) is 2. The van der Waals surface area contributed by atoms with Crippen LogP contribution in [0.5, 0.6) is 5.88 Å². The molecular weight excluding hydrogens is 325 g/mol. The van der Waals surface area contributed by atoms with Gasteiger partial charge in [0.25, 0.3) is 5.91 Å². The number of nitrogens with one attached hydrogen (secondary N) is 1. The van der Waals surface area contributed by atoms with Crippen molar-refractivity contribution in [1.82, 2.24) is 10.3 Å². The van der Waals surface area contributed by atoms with Crippen LogP contribution in [0, 0.1) is 5.92 Å². The lowest BCUT2D eigenvalue weighted by atomic mass is 10.1. The third-order valence-corrected chi connectivity index (χ3v) is 3.29. The highest BCUT2D eigenvalue weighted by Crippen LogP contribution is 2.25. The molecule has 1 aliphatic heterocycles. The summed E-state index contributed by atoms with van der Waals surface area (Å²) in [4.78, 5) is 15.6. The maximum atomic E-state index is 12.1. The third-order valence-electron chi connectivity index (χ3n) is 3.02. The first-order valence-corrected chi connectivity index (χ1v) is 6.94. The normalized spacial score (nSPS) is 18.3. The van der Waals surface area contributed by atoms with E-state index in [0.717, 1.165) is 12.6 Å². The van der Waals surface area contributed by atoms with Gasteiger partial charge in [-0.05, 0) is 12.5 Å². The molecule has 2 rings (SSSR count). The van der Waals surface area contributed by atoms with Gasteiger partial charge in [0.15, 0.2) is 6.61 Å². The second-order valence-electron chi connectivity index (χ2n) is 4.85. The van der Waals surface area contributed by atoms with Crippen molar-refractivity contribution in [2.24, 2.45) is 5.92 Å². The van der Waals surface area contributed by atoms with Gasteiger partial charge in [-0.3, -0.25) is 4.79 Å². The van der Waals surface area contributed by atoms with Crippen LogP contribution in [0.25, 0.3) is 0 Å². The molecule has 1 fully saturated rings. The summed E-state index contributed by atoms with van der Waals surface area (Å²) in [7, 11) is 0. The van der Waals surface area contributed by atoms with Gasteiger partial charge in [-0.2, -0.15) is 13.2 Å². The Labute approximate surface area is 129 Å². The molecule has 1 saturated heterocycles. The van der Waals surface area contributed by atoms with Crippen LogP contribution < -0.4 is 10.1 Å². The Hall–Kier alpha value is -1.54. The van der Waals surface area contributed by atoms with Gasteiger partial charge < -0.3 is 14.8 Å². The highest BCUT2D eigenvalue weighted by atomic mass is 35.5. The van der Waals surface area contributed by atoms with Crippen molar-refractivity contribution < 1.29 is 27.4 Å². The molecule has 122 valence electrons. The fraction of sp³-hybridized carbons (Fsp3) is 0.538. The Bertz CT molecular complexity index is 534. The zero-order chi connectivity index (χ0) is 16.2. The van der Waals surface area contributed by atoms with Crippen molar-refractivity contribution in [3.63, 3.8) is 0 Å². The molecule has 2 heterocycles. The van der Waals surface area contributed by atoms with Crippen LogP contribution in [-0.4, -0.2) is 43.4 Å². The lowest BCUT2D eigenvalue weighted by Gasteiger charge is -2.11. The molecule has 0 spiro atoms. The van der Waals surface area contributed by atoms with Crippen LogP contribution >= 0.6 is 11.6 Å². The zero-order valence-corrected chi connectivity index (χ0v) is 12.2. The molecule has 0 aromatic carbocycles. The molecular formula is C13H14ClF3N2O3. The van der Waals surface area contributed by atoms with Crippen molar-refractivity contribution >= 4 is 17.5 Å². The van der Waals surface area contributed by atoms with Crippen LogP contribution in [0.3, 0.4) is 0 Å². The first-order chi connectivity index (χ1) is 10.3. The summed E-state index contributed by atoms with van der Waals surface area (Å²) >= 11 is 5.77. The van der Waals surface area contributed by atoms with Crippen LogP contribution in [-0.2, 0) is 4.74 Å². The number of hydrogen-bond donors (Lipinski definition) is 1. The average molecular weight is 339 g/mol. The van der Waals surface area contributed by atoms with Crippen LogP contribution in [0.2, 0.25) is 5.02 Å². The molecule has 1 amide bonds. The maximum absolute atomic E-state index is 12.1. The Morgan fingerprint density at radius 3 is 2.91 bits per heavy atom. The van der Waals surface area contributed by atoms with Gasteiger partial charge in [0.05, 0.1) is 12.2 Å². The summed E-state index contributed by atoms with van der Waals surface area (Å²) in [5.74, 6) is -0.495. The molecule has 1 aliphatic rings. The van der Waals surface area contributed by atoms with Gasteiger partial charge in [-0.25, -0.2) is 4.98 Å². The predicted octanol–water partition coefficient (Wildman–Crippen LogP) is 2.44. The molecule has 0 saturated carbocycles. The Kier molecular flexibility index (Phi) is 5.47. The number of alkyl halides is 3. The standard InChI is InChI=1S/C13H14ClF3N2O3/c14-10-3-9(5-19-12(10)22-7-13(15,16)17)11(20)18-4-8-1-2-21-6-8/h3,5,8H,1-2,4,6-7H2,(H,18,20)/t8-/m0/s1. The van der Waals surface area contributed by atoms with Gasteiger partial charge in [0.2, 0.25) is 5.88 Å². The van der Waals surface area contributed by atoms with Crippen LogP contribution in [0.1, 0.15) is 16.8 Å². The number of nitrogens with zero attached hydrogens (tertiary/aromatic N) is 1. The monoisotopic (exact) mass is 338 g/mol. The first-order valence-electron chi connectivity index (χ1n) is 6.56. The van der Waals surface area contributed by atoms with E-state index in [0.29, 0.717) is 19.8 Å². The molecule has 22 heavy (non-hydrogen) atoms. The van der Waals surface area contributed by atoms with Gasteiger partial charge >= 0.3 is 6.18 Å². The summed E-state index contributed by atoms with van der Waals surface area (Å²) in [6.45, 7) is 0.248. The van der Waals surface area contributed by atoms with Crippen LogP contribution in [0.15, 0.2) is 12.3 Å². The number of pyridine rings is 1. The fourth-order valence-corrected chi connectivity index (χ4v) is 2.11. The minimum Gasteiger partial charge on any atom is -0.467 e. The smallest absolute Gasteiger partial charge is 0.422 e. The van der Waals surface area contributed by atoms with E-state index in [9.17, 15) is 18.0 Å². The van der Waals surface area contributed by atoms with Gasteiger partial charge in [-0.15, -0.1) is 0 Å². The number of aromatic nitrogens is 1. The van der Waals surface area contributed by atoms with Gasteiger partial charge in [0.1, 0.15) is 5.02 Å². The molecule has 0 unspecified atom stereocenters. The Balaban J connectivity index is 1.91. The SMILES string of the molecule is O=C(NC[C@@H]1CCOC1)c1cnc(OCC(F)(F)F)c(Cl)c1. The lowest BCUT2D eigenvalue weighted by molar-refractivity contribution is -0.154. The van der Waals surface area contributed by atoms with E-state index in [1.807, 2.05) is 0 Å². The second kappa shape index (κ2) is 7.15. The molecule has 0 bridgehead atoms. The number of hydrogen-bond acceptors (Lipinski definition) is 4. The van der Waals surface area contributed by atoms with E-state index < -0.39 is 18.7 Å². The Morgan fingerprint density at radius 1 is 1.55 bits per heavy atom. The molecule has 1 aromatic heterocycles. The summed E-state index contributed by atoms with van der Waals surface area (Å²) in [6, 6.07) is 1.22. The molecule has 0 aliphatic carbocycles. The van der Waals surface area contributed by atoms with Crippen molar-refractivity contribution in [3.05, 3.63) is 22.8 Å². The van der Waals surface area contributed by atoms with Crippen molar-refractivity contribution in [2.45, 2.75) is 12.6 Å². The Morgan fingerprint density at radius 2 is 2.32 bits per heavy atom. The molecule has 1 N–H and O–H groups in total. The molecule has 0 radical (unpaired) electrons. The van der Waals surface area contributed by atoms with E-state index in [4.69, 9.17) is 16.3 Å². The van der Waals surface area contributed by atoms with Gasteiger partial charge in [-0.1, -0.05) is 11.6 Å². The second-order valence-corrected chi connectivity index (χ2v) is 5.26. The largest absolute Gasteiger partial charge is 0.467 e. The number of carbonyl (C=O) groups is 1. The highest BCUT2D eigenvalue weighted by molar-refractivity contribution is 6.32. The minimum absolute atomic E-state index is 0.152. The van der Waals surface area contributed by atoms with E-state index in [-0.39, 0.29) is 22.4 Å². The molecule has 9 heteroatoms. The van der Waals surface area contributed by atoms with Crippen molar-refractivity contribution in [2.75, 3.05) is 26.4 Å². The van der Waals surface area contributed by atoms with E-state index in [2.05, 4.69) is 15.0 Å². The predicted molar refractivity (Wildman–Crippen MR) is 72.1 cm³/mol. The number of amides is 1. The number of rotatable bonds is 5. The topological polar surface area (TPSA) is 60.5 Å². The average Bonchev–Trinajstić information content (AvgIpc) is 2.95. The third kappa shape index (κ3) is 5.03. The van der Waals surface area contributed by atoms with Crippen molar-refractivity contribution in [1.29, 1.82) is 0 Å². The van der Waals surface area contributed by atoms with Crippen molar-refractivity contribution in [3.8, 4) is 5.88 Å². The lowest BCUT2D eigenvalue weighted by Crippen LogP contribution is -2.29. The highest BCUT2D eigenvalue weighted by Gasteiger charge is 2.29.